The molecular weight excluding hydrogens is 324 g/mol. The van der Waals surface area contributed by atoms with Crippen molar-refractivity contribution in [3.05, 3.63) is 95.6 Å². The van der Waals surface area contributed by atoms with Crippen LogP contribution >= 0.6 is 11.8 Å². The molecule has 0 aliphatic heterocycles. The molecule has 3 aromatic carbocycles. The molecule has 0 saturated carbocycles. The molecule has 0 heterocycles. The summed E-state index contributed by atoms with van der Waals surface area (Å²) in [5, 5.41) is 0.156. The second-order valence-corrected chi connectivity index (χ2v) is 7.24. The van der Waals surface area contributed by atoms with E-state index in [0.29, 0.717) is 0 Å². The number of carbonyl (C=O) groups excluding carboxylic acids is 1. The summed E-state index contributed by atoms with van der Waals surface area (Å²) in [5.74, 6) is 0.855. The van der Waals surface area contributed by atoms with Gasteiger partial charge in [0, 0.05) is 11.3 Å². The first kappa shape index (κ1) is 17.5. The number of benzene rings is 3. The van der Waals surface area contributed by atoms with E-state index < -0.39 is 0 Å². The van der Waals surface area contributed by atoms with E-state index in [0.717, 1.165) is 29.7 Å². The van der Waals surface area contributed by atoms with Gasteiger partial charge in [0.25, 0.3) is 0 Å². The van der Waals surface area contributed by atoms with Crippen LogP contribution < -0.4 is 0 Å². The topological polar surface area (TPSA) is 17.1 Å². The van der Waals surface area contributed by atoms with Gasteiger partial charge in [0.15, 0.2) is 0 Å². The van der Waals surface area contributed by atoms with E-state index in [1.807, 2.05) is 30.3 Å². The second kappa shape index (κ2) is 8.68. The third kappa shape index (κ3) is 5.07. The minimum Gasteiger partial charge on any atom is -0.282 e. The molecule has 1 nitrogen and oxygen atoms in total. The number of hydrogen-bond donors (Lipinski definition) is 0. The fourth-order valence-corrected chi connectivity index (χ4v) is 3.49. The van der Waals surface area contributed by atoms with Crippen molar-refractivity contribution >= 4 is 16.9 Å². The monoisotopic (exact) mass is 346 g/mol. The number of carbonyl (C=O) groups is 1. The largest absolute Gasteiger partial charge is 0.282 e. The summed E-state index contributed by atoms with van der Waals surface area (Å²) in [6.07, 6.45) is 2.04. The Morgan fingerprint density at radius 2 is 1.40 bits per heavy atom. The highest BCUT2D eigenvalue weighted by molar-refractivity contribution is 8.14. The molecule has 0 N–H and O–H groups in total. The van der Waals surface area contributed by atoms with Crippen molar-refractivity contribution < 1.29 is 4.79 Å². The molecule has 0 radical (unpaired) electrons. The van der Waals surface area contributed by atoms with Crippen LogP contribution in [0.5, 0.6) is 0 Å². The Kier molecular flexibility index (Phi) is 6.08. The average molecular weight is 346 g/mol. The second-order valence-electron chi connectivity index (χ2n) is 6.17. The van der Waals surface area contributed by atoms with Gasteiger partial charge in [-0.25, -0.2) is 0 Å². The predicted molar refractivity (Wildman–Crippen MR) is 108 cm³/mol. The maximum absolute atomic E-state index is 12.3. The molecule has 126 valence electrons. The van der Waals surface area contributed by atoms with Crippen LogP contribution in [0.15, 0.2) is 78.9 Å². The first-order valence-corrected chi connectivity index (χ1v) is 9.59. The lowest BCUT2D eigenvalue weighted by molar-refractivity contribution is 0.108. The molecule has 0 atom stereocenters. The average Bonchev–Trinajstić information content (AvgIpc) is 2.67. The molecule has 0 aromatic heterocycles. The molecule has 0 spiro atoms. The molecule has 0 amide bonds. The molecule has 0 saturated heterocycles. The molecule has 3 aromatic rings. The van der Waals surface area contributed by atoms with Gasteiger partial charge in [-0.2, -0.15) is 0 Å². The molecule has 2 heteroatoms. The van der Waals surface area contributed by atoms with E-state index in [9.17, 15) is 4.79 Å². The van der Waals surface area contributed by atoms with E-state index in [4.69, 9.17) is 0 Å². The van der Waals surface area contributed by atoms with Gasteiger partial charge in [-0.3, -0.25) is 4.79 Å². The quantitative estimate of drug-likeness (QED) is 0.497. The number of thioether (sulfide) groups is 1. The van der Waals surface area contributed by atoms with Gasteiger partial charge in [0.2, 0.25) is 5.12 Å². The molecular formula is C23H22OS. The maximum atomic E-state index is 12.3. The van der Waals surface area contributed by atoms with Gasteiger partial charge in [-0.15, -0.1) is 0 Å². The van der Waals surface area contributed by atoms with E-state index >= 15 is 0 Å². The van der Waals surface area contributed by atoms with Gasteiger partial charge < -0.3 is 0 Å². The maximum Gasteiger partial charge on any atom is 0.219 e. The van der Waals surface area contributed by atoms with Crippen LogP contribution in [0.25, 0.3) is 11.1 Å². The van der Waals surface area contributed by atoms with E-state index in [2.05, 4.69) is 55.5 Å². The van der Waals surface area contributed by atoms with Crippen molar-refractivity contribution in [1.82, 2.24) is 0 Å². The first-order valence-electron chi connectivity index (χ1n) is 8.60. The molecule has 0 aliphatic carbocycles. The van der Waals surface area contributed by atoms with Crippen LogP contribution in [0.2, 0.25) is 0 Å². The highest BCUT2D eigenvalue weighted by atomic mass is 32.2. The van der Waals surface area contributed by atoms with Crippen molar-refractivity contribution in [2.24, 2.45) is 0 Å². The normalized spacial score (nSPS) is 10.6. The standard InChI is InChI=1S/C23H22OS/c1-18-9-11-20(12-10-18)21-13-15-22(16-14-21)23(24)25-17-5-8-19-6-3-2-4-7-19/h2-4,6-7,9-16H,5,8,17H2,1H3. The van der Waals surface area contributed by atoms with Gasteiger partial charge in [0.1, 0.15) is 0 Å². The smallest absolute Gasteiger partial charge is 0.219 e. The minimum absolute atomic E-state index is 0.156. The van der Waals surface area contributed by atoms with Gasteiger partial charge in [-0.1, -0.05) is 84.1 Å². The van der Waals surface area contributed by atoms with Gasteiger partial charge in [-0.05, 0) is 48.6 Å². The molecule has 0 aliphatic rings. The number of rotatable bonds is 6. The van der Waals surface area contributed by atoms with Crippen LogP contribution in [0.1, 0.15) is 27.9 Å². The van der Waals surface area contributed by atoms with Crippen LogP contribution in [0.3, 0.4) is 0 Å². The molecule has 0 bridgehead atoms. The molecule has 0 fully saturated rings. The van der Waals surface area contributed by atoms with Crippen molar-refractivity contribution in [3.8, 4) is 11.1 Å². The lowest BCUT2D eigenvalue weighted by atomic mass is 10.0. The zero-order valence-electron chi connectivity index (χ0n) is 14.4. The summed E-state index contributed by atoms with van der Waals surface area (Å²) < 4.78 is 0. The summed E-state index contributed by atoms with van der Waals surface area (Å²) in [6.45, 7) is 2.08. The highest BCUT2D eigenvalue weighted by Crippen LogP contribution is 2.22. The third-order valence-electron chi connectivity index (χ3n) is 4.19. The van der Waals surface area contributed by atoms with Crippen LogP contribution in [-0.4, -0.2) is 10.9 Å². The Morgan fingerprint density at radius 1 is 0.800 bits per heavy atom. The Morgan fingerprint density at radius 3 is 2.04 bits per heavy atom. The van der Waals surface area contributed by atoms with Crippen LogP contribution in [0, 0.1) is 6.92 Å². The van der Waals surface area contributed by atoms with Crippen LogP contribution in [0.4, 0.5) is 0 Å². The SMILES string of the molecule is Cc1ccc(-c2ccc(C(=O)SCCCc3ccccc3)cc2)cc1. The van der Waals surface area contributed by atoms with Crippen molar-refractivity contribution in [2.45, 2.75) is 19.8 Å². The van der Waals surface area contributed by atoms with Gasteiger partial charge in [0.05, 0.1) is 0 Å². The highest BCUT2D eigenvalue weighted by Gasteiger charge is 2.07. The Labute approximate surface area is 154 Å². The Balaban J connectivity index is 1.51. The Hall–Kier alpha value is -2.32. The Bertz CT molecular complexity index is 805. The van der Waals surface area contributed by atoms with Crippen LogP contribution in [-0.2, 0) is 6.42 Å². The zero-order valence-corrected chi connectivity index (χ0v) is 15.3. The van der Waals surface area contributed by atoms with E-state index in [1.54, 1.807) is 0 Å². The molecule has 0 unspecified atom stereocenters. The van der Waals surface area contributed by atoms with Crippen molar-refractivity contribution in [2.75, 3.05) is 5.75 Å². The predicted octanol–water partition coefficient (Wildman–Crippen LogP) is 6.17. The first-order chi connectivity index (χ1) is 12.2. The third-order valence-corrected chi connectivity index (χ3v) is 5.18. The van der Waals surface area contributed by atoms with E-state index in [1.165, 1.54) is 28.5 Å². The van der Waals surface area contributed by atoms with Crippen molar-refractivity contribution in [3.63, 3.8) is 0 Å². The van der Waals surface area contributed by atoms with E-state index in [-0.39, 0.29) is 5.12 Å². The number of hydrogen-bond acceptors (Lipinski definition) is 2. The lowest BCUT2D eigenvalue weighted by Gasteiger charge is -2.05. The zero-order chi connectivity index (χ0) is 17.5. The molecule has 3 rings (SSSR count). The summed E-state index contributed by atoms with van der Waals surface area (Å²) >= 11 is 1.41. The van der Waals surface area contributed by atoms with Gasteiger partial charge >= 0.3 is 0 Å². The summed E-state index contributed by atoms with van der Waals surface area (Å²) in [6, 6.07) is 26.8. The molecule has 25 heavy (non-hydrogen) atoms. The number of aryl methyl sites for hydroxylation is 2. The lowest BCUT2D eigenvalue weighted by Crippen LogP contribution is -1.96. The van der Waals surface area contributed by atoms with Crippen molar-refractivity contribution in [1.29, 1.82) is 0 Å². The summed E-state index contributed by atoms with van der Waals surface area (Å²) in [7, 11) is 0. The summed E-state index contributed by atoms with van der Waals surface area (Å²) in [4.78, 5) is 12.3. The fourth-order valence-electron chi connectivity index (χ4n) is 2.71. The summed E-state index contributed by atoms with van der Waals surface area (Å²) in [5.41, 5.74) is 5.69. The minimum atomic E-state index is 0.156. The fraction of sp³-hybridized carbons (Fsp3) is 0.174.